The summed E-state index contributed by atoms with van der Waals surface area (Å²) in [5.41, 5.74) is 5.71. The number of benzene rings is 1. The summed E-state index contributed by atoms with van der Waals surface area (Å²) in [5, 5.41) is 9.10. The van der Waals surface area contributed by atoms with Gasteiger partial charge in [0.1, 0.15) is 5.65 Å². The molecule has 1 aliphatic rings. The summed E-state index contributed by atoms with van der Waals surface area (Å²) in [4.78, 5) is 9.05. The maximum Gasteiger partial charge on any atom is 0.139 e. The number of rotatable bonds is 3. The van der Waals surface area contributed by atoms with E-state index >= 15 is 0 Å². The van der Waals surface area contributed by atoms with E-state index in [9.17, 15) is 0 Å². The minimum absolute atomic E-state index is 0.648. The molecule has 0 bridgehead atoms. The largest absolute Gasteiger partial charge is 0.306 e. The molecule has 1 fully saturated rings. The van der Waals surface area contributed by atoms with Gasteiger partial charge < -0.3 is 4.57 Å². The van der Waals surface area contributed by atoms with E-state index in [1.807, 2.05) is 41.3 Å². The molecule has 120 valence electrons. The first-order valence-electron chi connectivity index (χ1n) is 8.34. The molecule has 0 spiro atoms. The summed E-state index contributed by atoms with van der Waals surface area (Å²) in [6, 6.07) is 13.9. The number of pyridine rings is 1. The Labute approximate surface area is 144 Å². The highest BCUT2D eigenvalue weighted by molar-refractivity contribution is 5.66. The van der Waals surface area contributed by atoms with Gasteiger partial charge in [-0.2, -0.15) is 5.26 Å². The molecule has 0 atom stereocenters. The lowest BCUT2D eigenvalue weighted by Gasteiger charge is -2.05. The third-order valence-electron chi connectivity index (χ3n) is 4.68. The molecule has 0 radical (unpaired) electrons. The SMILES string of the molecule is N#Cc1cccc(-c2cnc3cc(-n4cnc(C5CC5)c4)ccn23)c1. The van der Waals surface area contributed by atoms with Gasteiger partial charge >= 0.3 is 0 Å². The first-order valence-corrected chi connectivity index (χ1v) is 8.34. The molecule has 4 aromatic rings. The van der Waals surface area contributed by atoms with Crippen LogP contribution in [-0.2, 0) is 0 Å². The van der Waals surface area contributed by atoms with Crippen LogP contribution >= 0.6 is 0 Å². The number of nitrogens with zero attached hydrogens (tertiary/aromatic N) is 5. The molecular formula is C20H15N5. The smallest absolute Gasteiger partial charge is 0.139 e. The Morgan fingerprint density at radius 1 is 1.12 bits per heavy atom. The van der Waals surface area contributed by atoms with E-state index in [0.717, 1.165) is 22.6 Å². The summed E-state index contributed by atoms with van der Waals surface area (Å²) in [7, 11) is 0. The second-order valence-electron chi connectivity index (χ2n) is 6.43. The Kier molecular flexibility index (Phi) is 2.98. The Morgan fingerprint density at radius 2 is 2.04 bits per heavy atom. The monoisotopic (exact) mass is 325 g/mol. The molecule has 3 heterocycles. The minimum Gasteiger partial charge on any atom is -0.306 e. The predicted molar refractivity (Wildman–Crippen MR) is 94.4 cm³/mol. The average Bonchev–Trinajstić information content (AvgIpc) is 3.24. The molecule has 1 aliphatic carbocycles. The molecule has 25 heavy (non-hydrogen) atoms. The van der Waals surface area contributed by atoms with Gasteiger partial charge in [0.05, 0.1) is 41.2 Å². The normalized spacial score (nSPS) is 13.9. The summed E-state index contributed by atoms with van der Waals surface area (Å²) < 4.78 is 4.09. The molecule has 1 aromatic carbocycles. The maximum atomic E-state index is 9.10. The number of aromatic nitrogens is 4. The minimum atomic E-state index is 0.648. The van der Waals surface area contributed by atoms with Gasteiger partial charge in [-0.3, -0.25) is 4.40 Å². The van der Waals surface area contributed by atoms with Crippen molar-refractivity contribution < 1.29 is 0 Å². The molecule has 0 amide bonds. The van der Waals surface area contributed by atoms with Gasteiger partial charge in [0.25, 0.3) is 0 Å². The van der Waals surface area contributed by atoms with Gasteiger partial charge in [-0.15, -0.1) is 0 Å². The fraction of sp³-hybridized carbons (Fsp3) is 0.150. The number of imidazole rings is 2. The average molecular weight is 325 g/mol. The fourth-order valence-corrected chi connectivity index (χ4v) is 3.16. The van der Waals surface area contributed by atoms with Gasteiger partial charge in [-0.25, -0.2) is 9.97 Å². The molecule has 3 aromatic heterocycles. The van der Waals surface area contributed by atoms with Gasteiger partial charge in [0.15, 0.2) is 0 Å². The summed E-state index contributed by atoms with van der Waals surface area (Å²) >= 11 is 0. The second-order valence-corrected chi connectivity index (χ2v) is 6.43. The summed E-state index contributed by atoms with van der Waals surface area (Å²) in [6.07, 6.45) is 10.4. The topological polar surface area (TPSA) is 58.9 Å². The van der Waals surface area contributed by atoms with Gasteiger partial charge in [0, 0.05) is 29.9 Å². The third kappa shape index (κ3) is 2.39. The highest BCUT2D eigenvalue weighted by atomic mass is 15.1. The zero-order valence-electron chi connectivity index (χ0n) is 13.5. The first-order chi connectivity index (χ1) is 12.3. The molecule has 1 saturated carbocycles. The summed E-state index contributed by atoms with van der Waals surface area (Å²) in [5.74, 6) is 0.649. The Hall–Kier alpha value is -3.39. The van der Waals surface area contributed by atoms with Crippen molar-refractivity contribution in [1.29, 1.82) is 5.26 Å². The van der Waals surface area contributed by atoms with Crippen molar-refractivity contribution in [2.45, 2.75) is 18.8 Å². The van der Waals surface area contributed by atoms with Crippen LogP contribution in [0.15, 0.2) is 61.3 Å². The van der Waals surface area contributed by atoms with Crippen molar-refractivity contribution in [1.82, 2.24) is 18.9 Å². The third-order valence-corrected chi connectivity index (χ3v) is 4.68. The van der Waals surface area contributed by atoms with E-state index in [4.69, 9.17) is 5.26 Å². The Balaban J connectivity index is 1.56. The molecule has 0 N–H and O–H groups in total. The molecule has 0 saturated heterocycles. The Bertz CT molecular complexity index is 1120. The molecule has 5 rings (SSSR count). The van der Waals surface area contributed by atoms with Crippen molar-refractivity contribution in [3.63, 3.8) is 0 Å². The van der Waals surface area contributed by atoms with Crippen LogP contribution in [0.25, 0.3) is 22.6 Å². The van der Waals surface area contributed by atoms with Crippen LogP contribution in [0.4, 0.5) is 0 Å². The number of fused-ring (bicyclic) bond motifs is 1. The molecular weight excluding hydrogens is 310 g/mol. The predicted octanol–water partition coefficient (Wildman–Crippen LogP) is 3.94. The lowest BCUT2D eigenvalue weighted by atomic mass is 10.1. The van der Waals surface area contributed by atoms with E-state index < -0.39 is 0 Å². The first kappa shape index (κ1) is 14.0. The van der Waals surface area contributed by atoms with Crippen LogP contribution < -0.4 is 0 Å². The van der Waals surface area contributed by atoms with Crippen LogP contribution in [0.5, 0.6) is 0 Å². The van der Waals surface area contributed by atoms with Crippen molar-refractivity contribution in [2.24, 2.45) is 0 Å². The van der Waals surface area contributed by atoms with Crippen molar-refractivity contribution in [3.05, 3.63) is 72.6 Å². The van der Waals surface area contributed by atoms with Crippen LogP contribution in [0, 0.1) is 11.3 Å². The van der Waals surface area contributed by atoms with Gasteiger partial charge in [0.2, 0.25) is 0 Å². The molecule has 0 aliphatic heterocycles. The zero-order chi connectivity index (χ0) is 16.8. The van der Waals surface area contributed by atoms with Crippen LogP contribution in [0.2, 0.25) is 0 Å². The van der Waals surface area contributed by atoms with Crippen LogP contribution in [0.3, 0.4) is 0 Å². The van der Waals surface area contributed by atoms with Crippen molar-refractivity contribution >= 4 is 5.65 Å². The standard InChI is InChI=1S/C20H15N5/c21-10-14-2-1-3-16(8-14)19-11-22-20-9-17(6-7-25(19)20)24-12-18(23-13-24)15-4-5-15/h1-3,6-9,11-13,15H,4-5H2. The number of hydrogen-bond acceptors (Lipinski definition) is 3. The van der Waals surface area contributed by atoms with E-state index in [0.29, 0.717) is 11.5 Å². The lowest BCUT2D eigenvalue weighted by Crippen LogP contribution is -1.94. The van der Waals surface area contributed by atoms with Crippen molar-refractivity contribution in [2.75, 3.05) is 0 Å². The summed E-state index contributed by atoms with van der Waals surface area (Å²) in [6.45, 7) is 0. The maximum absolute atomic E-state index is 9.10. The second kappa shape index (κ2) is 5.32. The van der Waals surface area contributed by atoms with E-state index in [1.54, 1.807) is 6.07 Å². The lowest BCUT2D eigenvalue weighted by molar-refractivity contribution is 1.04. The Morgan fingerprint density at radius 3 is 2.88 bits per heavy atom. The van der Waals surface area contributed by atoms with Gasteiger partial charge in [-0.05, 0) is 31.0 Å². The molecule has 5 nitrogen and oxygen atoms in total. The molecule has 0 unspecified atom stereocenters. The van der Waals surface area contributed by atoms with E-state index in [2.05, 4.69) is 38.9 Å². The highest BCUT2D eigenvalue weighted by Crippen LogP contribution is 2.39. The van der Waals surface area contributed by atoms with Crippen molar-refractivity contribution in [3.8, 4) is 23.0 Å². The quantitative estimate of drug-likeness (QED) is 0.573. The fourth-order valence-electron chi connectivity index (χ4n) is 3.16. The highest BCUT2D eigenvalue weighted by Gasteiger charge is 2.25. The van der Waals surface area contributed by atoms with E-state index in [-0.39, 0.29) is 0 Å². The van der Waals surface area contributed by atoms with E-state index in [1.165, 1.54) is 18.5 Å². The van der Waals surface area contributed by atoms with Crippen LogP contribution in [-0.4, -0.2) is 18.9 Å². The van der Waals surface area contributed by atoms with Crippen LogP contribution in [0.1, 0.15) is 30.0 Å². The zero-order valence-corrected chi connectivity index (χ0v) is 13.5. The van der Waals surface area contributed by atoms with Gasteiger partial charge in [-0.1, -0.05) is 12.1 Å². The number of hydrogen-bond donors (Lipinski definition) is 0. The number of nitriles is 1. The molecule has 5 heteroatoms.